The Balaban J connectivity index is 2.49. The average molecular weight is 347 g/mol. The number of ether oxygens (including phenoxy) is 1. The molecule has 0 saturated heterocycles. The molecule has 5 heteroatoms. The first-order chi connectivity index (χ1) is 7.99. The maximum atomic E-state index is 13.1. The van der Waals surface area contributed by atoms with E-state index >= 15 is 0 Å². The fraction of sp³-hybridized carbons (Fsp3) is 0.250. The van der Waals surface area contributed by atoms with Crippen molar-refractivity contribution in [2.75, 3.05) is 0 Å². The van der Waals surface area contributed by atoms with E-state index in [0.29, 0.717) is 14.7 Å². The Labute approximate surface area is 111 Å². The Morgan fingerprint density at radius 2 is 2.18 bits per heavy atom. The van der Waals surface area contributed by atoms with Gasteiger partial charge in [0.2, 0.25) is 0 Å². The molecule has 0 aliphatic heterocycles. The first-order valence-corrected chi connectivity index (χ1v) is 6.24. The number of halogens is 2. The number of hydrogen-bond donors (Lipinski definition) is 1. The quantitative estimate of drug-likeness (QED) is 0.668. The maximum absolute atomic E-state index is 13.1. The zero-order valence-corrected chi connectivity index (χ0v) is 11.5. The molecule has 0 bridgehead atoms. The summed E-state index contributed by atoms with van der Waals surface area (Å²) in [5.41, 5.74) is 1.10. The maximum Gasteiger partial charge on any atom is 0.356 e. The van der Waals surface area contributed by atoms with Gasteiger partial charge in [-0.05, 0) is 54.6 Å². The Hall–Kier alpha value is -1.11. The van der Waals surface area contributed by atoms with Crippen LogP contribution in [0.4, 0.5) is 4.39 Å². The molecule has 2 aromatic rings. The van der Waals surface area contributed by atoms with E-state index in [4.69, 9.17) is 4.74 Å². The lowest BCUT2D eigenvalue weighted by Crippen LogP contribution is -2.12. The summed E-state index contributed by atoms with van der Waals surface area (Å²) in [7, 11) is 0. The molecule has 0 radical (unpaired) electrons. The summed E-state index contributed by atoms with van der Waals surface area (Å²) in [4.78, 5) is 14.7. The minimum Gasteiger partial charge on any atom is -0.458 e. The van der Waals surface area contributed by atoms with Crippen molar-refractivity contribution in [3.8, 4) is 0 Å². The lowest BCUT2D eigenvalue weighted by Gasteiger charge is -2.06. The highest BCUT2D eigenvalue weighted by Gasteiger charge is 2.18. The van der Waals surface area contributed by atoms with Crippen LogP contribution < -0.4 is 0 Å². The van der Waals surface area contributed by atoms with E-state index in [-0.39, 0.29) is 11.9 Å². The summed E-state index contributed by atoms with van der Waals surface area (Å²) in [6.07, 6.45) is -0.179. The minimum atomic E-state index is -0.416. The number of carbonyl (C=O) groups excluding carboxylic acids is 1. The summed E-state index contributed by atoms with van der Waals surface area (Å²) < 4.78 is 18.9. The molecule has 1 N–H and O–H groups in total. The van der Waals surface area contributed by atoms with Gasteiger partial charge < -0.3 is 9.72 Å². The van der Waals surface area contributed by atoms with E-state index in [1.54, 1.807) is 19.9 Å². The van der Waals surface area contributed by atoms with E-state index in [2.05, 4.69) is 4.98 Å². The molecule has 90 valence electrons. The van der Waals surface area contributed by atoms with Crippen LogP contribution in [0.15, 0.2) is 18.2 Å². The topological polar surface area (TPSA) is 42.1 Å². The second-order valence-electron chi connectivity index (χ2n) is 3.96. The zero-order valence-electron chi connectivity index (χ0n) is 9.38. The smallest absolute Gasteiger partial charge is 0.356 e. The van der Waals surface area contributed by atoms with Crippen LogP contribution in [0.3, 0.4) is 0 Å². The molecule has 2 rings (SSSR count). The Morgan fingerprint density at radius 3 is 2.82 bits per heavy atom. The van der Waals surface area contributed by atoms with Crippen LogP contribution >= 0.6 is 22.6 Å². The minimum absolute atomic E-state index is 0.179. The van der Waals surface area contributed by atoms with Gasteiger partial charge in [0.05, 0.1) is 9.67 Å². The van der Waals surface area contributed by atoms with E-state index in [1.807, 2.05) is 22.6 Å². The predicted octanol–water partition coefficient (Wildman–Crippen LogP) is 3.48. The van der Waals surface area contributed by atoms with Crippen LogP contribution in [0.5, 0.6) is 0 Å². The third-order valence-electron chi connectivity index (χ3n) is 2.24. The summed E-state index contributed by atoms with van der Waals surface area (Å²) in [6, 6.07) is 4.37. The van der Waals surface area contributed by atoms with Gasteiger partial charge in [-0.1, -0.05) is 0 Å². The Bertz CT molecular complexity index is 577. The summed E-state index contributed by atoms with van der Waals surface area (Å²) in [5.74, 6) is -0.737. The number of esters is 1. The van der Waals surface area contributed by atoms with E-state index in [1.165, 1.54) is 12.1 Å². The number of hydrogen-bond acceptors (Lipinski definition) is 2. The van der Waals surface area contributed by atoms with Crippen molar-refractivity contribution >= 4 is 39.5 Å². The highest BCUT2D eigenvalue weighted by atomic mass is 127. The second-order valence-corrected chi connectivity index (χ2v) is 5.04. The molecule has 1 aromatic heterocycles. The molecule has 17 heavy (non-hydrogen) atoms. The van der Waals surface area contributed by atoms with E-state index in [9.17, 15) is 9.18 Å². The summed E-state index contributed by atoms with van der Waals surface area (Å²) >= 11 is 2.01. The highest BCUT2D eigenvalue weighted by Crippen LogP contribution is 2.25. The fourth-order valence-electron chi connectivity index (χ4n) is 1.54. The average Bonchev–Trinajstić information content (AvgIpc) is 2.55. The molecule has 0 saturated carbocycles. The molecule has 0 amide bonds. The molecule has 3 nitrogen and oxygen atoms in total. The molecular formula is C12H11FINO2. The van der Waals surface area contributed by atoms with E-state index < -0.39 is 5.97 Å². The normalized spacial score (nSPS) is 11.1. The van der Waals surface area contributed by atoms with Crippen molar-refractivity contribution in [2.24, 2.45) is 0 Å². The molecule has 1 heterocycles. The van der Waals surface area contributed by atoms with Crippen molar-refractivity contribution in [1.82, 2.24) is 4.98 Å². The van der Waals surface area contributed by atoms with Gasteiger partial charge in [-0.2, -0.15) is 0 Å². The molecular weight excluding hydrogens is 336 g/mol. The predicted molar refractivity (Wildman–Crippen MR) is 71.5 cm³/mol. The molecule has 0 atom stereocenters. The molecule has 0 spiro atoms. The van der Waals surface area contributed by atoms with Gasteiger partial charge >= 0.3 is 5.97 Å². The van der Waals surface area contributed by atoms with Gasteiger partial charge in [0, 0.05) is 10.9 Å². The number of aromatic nitrogens is 1. The van der Waals surface area contributed by atoms with Crippen LogP contribution in [0.1, 0.15) is 24.3 Å². The summed E-state index contributed by atoms with van der Waals surface area (Å²) in [5, 5.41) is 0.696. The number of carbonyl (C=O) groups is 1. The first-order valence-electron chi connectivity index (χ1n) is 5.16. The number of H-pyrrole nitrogens is 1. The Morgan fingerprint density at radius 1 is 1.47 bits per heavy atom. The van der Waals surface area contributed by atoms with Crippen molar-refractivity contribution in [3.05, 3.63) is 33.3 Å². The fourth-order valence-corrected chi connectivity index (χ4v) is 2.35. The molecule has 0 aliphatic carbocycles. The van der Waals surface area contributed by atoms with Crippen LogP contribution in [0.25, 0.3) is 10.9 Å². The van der Waals surface area contributed by atoms with Crippen molar-refractivity contribution in [1.29, 1.82) is 0 Å². The third kappa shape index (κ3) is 2.43. The van der Waals surface area contributed by atoms with Crippen LogP contribution in [-0.2, 0) is 4.74 Å². The van der Waals surface area contributed by atoms with Gasteiger partial charge in [-0.3, -0.25) is 0 Å². The SMILES string of the molecule is CC(C)OC(=O)c1[nH]c2ccc(F)cc2c1I. The van der Waals surface area contributed by atoms with Crippen LogP contribution in [-0.4, -0.2) is 17.1 Å². The number of rotatable bonds is 2. The van der Waals surface area contributed by atoms with Crippen LogP contribution in [0, 0.1) is 9.39 Å². The lowest BCUT2D eigenvalue weighted by atomic mass is 10.2. The van der Waals surface area contributed by atoms with Crippen molar-refractivity contribution in [2.45, 2.75) is 20.0 Å². The number of benzene rings is 1. The molecule has 1 aromatic carbocycles. The standard InChI is InChI=1S/C12H11FINO2/c1-6(2)17-12(16)11-10(14)8-5-7(13)3-4-9(8)15-11/h3-6,15H,1-2H3. The lowest BCUT2D eigenvalue weighted by molar-refractivity contribution is 0.0370. The molecule has 0 unspecified atom stereocenters. The van der Waals surface area contributed by atoms with Gasteiger partial charge in [0.25, 0.3) is 0 Å². The van der Waals surface area contributed by atoms with Crippen molar-refractivity contribution in [3.63, 3.8) is 0 Å². The summed E-state index contributed by atoms with van der Waals surface area (Å²) in [6.45, 7) is 3.57. The van der Waals surface area contributed by atoms with Gasteiger partial charge in [0.1, 0.15) is 11.5 Å². The number of fused-ring (bicyclic) bond motifs is 1. The zero-order chi connectivity index (χ0) is 12.6. The second kappa shape index (κ2) is 4.64. The largest absolute Gasteiger partial charge is 0.458 e. The van der Waals surface area contributed by atoms with Gasteiger partial charge in [0.15, 0.2) is 0 Å². The van der Waals surface area contributed by atoms with Gasteiger partial charge in [-0.15, -0.1) is 0 Å². The van der Waals surface area contributed by atoms with Gasteiger partial charge in [-0.25, -0.2) is 9.18 Å². The number of nitrogens with one attached hydrogen (secondary N) is 1. The third-order valence-corrected chi connectivity index (χ3v) is 3.36. The highest BCUT2D eigenvalue weighted by molar-refractivity contribution is 14.1. The van der Waals surface area contributed by atoms with Crippen molar-refractivity contribution < 1.29 is 13.9 Å². The molecule has 0 aliphatic rings. The van der Waals surface area contributed by atoms with E-state index in [0.717, 1.165) is 5.52 Å². The first kappa shape index (κ1) is 12.3. The monoisotopic (exact) mass is 347 g/mol. The molecule has 0 fully saturated rings. The van der Waals surface area contributed by atoms with Crippen LogP contribution in [0.2, 0.25) is 0 Å². The Kier molecular flexibility index (Phi) is 3.37. The number of aromatic amines is 1.